The number of anilines is 1. The van der Waals surface area contributed by atoms with E-state index in [1.165, 1.54) is 7.11 Å². The summed E-state index contributed by atoms with van der Waals surface area (Å²) in [5.41, 5.74) is 1.22. The van der Waals surface area contributed by atoms with Gasteiger partial charge in [0, 0.05) is 5.56 Å². The molecule has 0 atom stereocenters. The van der Waals surface area contributed by atoms with Crippen molar-refractivity contribution in [1.82, 2.24) is 5.32 Å². The summed E-state index contributed by atoms with van der Waals surface area (Å²) in [6.07, 6.45) is 0. The molecule has 27 heavy (non-hydrogen) atoms. The number of para-hydroxylation sites is 1. The zero-order valence-corrected chi connectivity index (χ0v) is 16.3. The summed E-state index contributed by atoms with van der Waals surface area (Å²) in [6, 6.07) is 13.5. The molecular weight excluding hydrogens is 364 g/mol. The number of esters is 1. The average Bonchev–Trinajstić information content (AvgIpc) is 2.66. The van der Waals surface area contributed by atoms with E-state index in [2.05, 4.69) is 24.5 Å². The van der Waals surface area contributed by atoms with Crippen molar-refractivity contribution in [1.29, 1.82) is 0 Å². The van der Waals surface area contributed by atoms with Crippen molar-refractivity contribution in [3.8, 4) is 5.75 Å². The fraction of sp³-hybridized carbons (Fsp3) is 0.250. The van der Waals surface area contributed by atoms with Crippen molar-refractivity contribution < 1.29 is 19.1 Å². The largest absolute Gasteiger partial charge is 0.493 e. The molecule has 0 heterocycles. The second-order valence-electron chi connectivity index (χ2n) is 6.17. The molecule has 0 aromatic heterocycles. The van der Waals surface area contributed by atoms with Crippen LogP contribution in [0, 0.1) is 5.92 Å². The number of hydrogen-bond donors (Lipinski definition) is 2. The minimum atomic E-state index is -0.496. The minimum absolute atomic E-state index is 0.0801. The molecule has 2 rings (SSSR count). The molecule has 7 heteroatoms. The molecule has 0 aliphatic heterocycles. The Hall–Kier alpha value is -2.93. The van der Waals surface area contributed by atoms with Gasteiger partial charge in [0.1, 0.15) is 5.75 Å². The Bertz CT molecular complexity index is 819. The molecular formula is C20H22N2O4S. The molecule has 0 spiro atoms. The van der Waals surface area contributed by atoms with E-state index in [9.17, 15) is 9.59 Å². The van der Waals surface area contributed by atoms with Crippen molar-refractivity contribution in [3.63, 3.8) is 0 Å². The monoisotopic (exact) mass is 386 g/mol. The second-order valence-corrected chi connectivity index (χ2v) is 6.58. The summed E-state index contributed by atoms with van der Waals surface area (Å²) in [4.78, 5) is 24.1. The molecule has 0 bridgehead atoms. The zero-order valence-electron chi connectivity index (χ0n) is 15.4. The highest BCUT2D eigenvalue weighted by atomic mass is 32.1. The van der Waals surface area contributed by atoms with Crippen LogP contribution in [0.4, 0.5) is 5.69 Å². The van der Waals surface area contributed by atoms with Gasteiger partial charge in [0.2, 0.25) is 0 Å². The van der Waals surface area contributed by atoms with Crippen LogP contribution in [0.15, 0.2) is 48.5 Å². The SMILES string of the molecule is COC(=O)c1ccccc1NC(=S)NC(=O)c1ccc(OCC(C)C)cc1. The van der Waals surface area contributed by atoms with Crippen LogP contribution in [0.25, 0.3) is 0 Å². The van der Waals surface area contributed by atoms with E-state index in [4.69, 9.17) is 21.7 Å². The van der Waals surface area contributed by atoms with E-state index in [1.54, 1.807) is 48.5 Å². The number of carbonyl (C=O) groups is 2. The first kappa shape index (κ1) is 20.4. The summed E-state index contributed by atoms with van der Waals surface area (Å²) in [7, 11) is 1.30. The normalized spacial score (nSPS) is 10.2. The van der Waals surface area contributed by atoms with Crippen LogP contribution in [0.2, 0.25) is 0 Å². The number of nitrogens with one attached hydrogen (secondary N) is 2. The van der Waals surface area contributed by atoms with Gasteiger partial charge in [0.15, 0.2) is 5.11 Å². The highest BCUT2D eigenvalue weighted by Gasteiger charge is 2.13. The zero-order chi connectivity index (χ0) is 19.8. The lowest BCUT2D eigenvalue weighted by Gasteiger charge is -2.13. The van der Waals surface area contributed by atoms with Gasteiger partial charge in [-0.2, -0.15) is 0 Å². The third-order valence-corrected chi connectivity index (χ3v) is 3.71. The number of carbonyl (C=O) groups excluding carboxylic acids is 2. The van der Waals surface area contributed by atoms with Gasteiger partial charge in [0.25, 0.3) is 5.91 Å². The van der Waals surface area contributed by atoms with Crippen LogP contribution in [-0.4, -0.2) is 30.7 Å². The van der Waals surface area contributed by atoms with Crippen LogP contribution < -0.4 is 15.4 Å². The van der Waals surface area contributed by atoms with Crippen molar-refractivity contribution in [2.75, 3.05) is 19.0 Å². The highest BCUT2D eigenvalue weighted by Crippen LogP contribution is 2.16. The highest BCUT2D eigenvalue weighted by molar-refractivity contribution is 7.80. The van der Waals surface area contributed by atoms with Gasteiger partial charge in [-0.3, -0.25) is 10.1 Å². The fourth-order valence-corrected chi connectivity index (χ4v) is 2.38. The Kier molecular flexibility index (Phi) is 7.31. The summed E-state index contributed by atoms with van der Waals surface area (Å²) in [6.45, 7) is 4.74. The molecule has 2 aromatic rings. The first-order chi connectivity index (χ1) is 12.9. The minimum Gasteiger partial charge on any atom is -0.493 e. The Morgan fingerprint density at radius 2 is 1.74 bits per heavy atom. The van der Waals surface area contributed by atoms with Gasteiger partial charge in [-0.15, -0.1) is 0 Å². The van der Waals surface area contributed by atoms with Crippen molar-refractivity contribution >= 4 is 34.9 Å². The van der Waals surface area contributed by atoms with Gasteiger partial charge in [-0.25, -0.2) is 4.79 Å². The maximum absolute atomic E-state index is 12.3. The summed E-state index contributed by atoms with van der Waals surface area (Å²) in [5, 5.41) is 5.51. The molecule has 1 amide bonds. The molecule has 0 saturated carbocycles. The smallest absolute Gasteiger partial charge is 0.339 e. The molecule has 2 aromatic carbocycles. The maximum Gasteiger partial charge on any atom is 0.339 e. The summed E-state index contributed by atoms with van der Waals surface area (Å²) >= 11 is 5.17. The van der Waals surface area contributed by atoms with Crippen LogP contribution in [0.1, 0.15) is 34.6 Å². The Labute approximate surface area is 163 Å². The second kappa shape index (κ2) is 9.68. The molecule has 0 saturated heterocycles. The molecule has 6 nitrogen and oxygen atoms in total. The quantitative estimate of drug-likeness (QED) is 0.583. The molecule has 142 valence electrons. The molecule has 0 fully saturated rings. The number of methoxy groups -OCH3 is 1. The van der Waals surface area contributed by atoms with E-state index >= 15 is 0 Å². The van der Waals surface area contributed by atoms with Crippen molar-refractivity contribution in [2.24, 2.45) is 5.92 Å². The molecule has 0 aliphatic carbocycles. The number of ether oxygens (including phenoxy) is 2. The first-order valence-electron chi connectivity index (χ1n) is 8.43. The van der Waals surface area contributed by atoms with Crippen molar-refractivity contribution in [2.45, 2.75) is 13.8 Å². The number of thiocarbonyl (C=S) groups is 1. The molecule has 0 aliphatic rings. The number of rotatable bonds is 6. The standard InChI is InChI=1S/C20H22N2O4S/c1-13(2)12-26-15-10-8-14(9-11-15)18(23)22-20(27)21-17-7-5-4-6-16(17)19(24)25-3/h4-11,13H,12H2,1-3H3,(H2,21,22,23,27). The lowest BCUT2D eigenvalue weighted by atomic mass is 10.2. The third kappa shape index (κ3) is 6.07. The van der Waals surface area contributed by atoms with Crippen LogP contribution in [-0.2, 0) is 4.74 Å². The topological polar surface area (TPSA) is 76.7 Å². The maximum atomic E-state index is 12.3. The predicted octanol–water partition coefficient (Wildman–Crippen LogP) is 3.63. The molecule has 0 radical (unpaired) electrons. The lowest BCUT2D eigenvalue weighted by molar-refractivity contribution is 0.0602. The summed E-state index contributed by atoms with van der Waals surface area (Å²) < 4.78 is 10.3. The molecule has 0 unspecified atom stereocenters. The van der Waals surface area contributed by atoms with Gasteiger partial charge in [-0.1, -0.05) is 26.0 Å². The van der Waals surface area contributed by atoms with Gasteiger partial charge < -0.3 is 14.8 Å². The van der Waals surface area contributed by atoms with Gasteiger partial charge in [-0.05, 0) is 54.5 Å². The summed E-state index contributed by atoms with van der Waals surface area (Å²) in [5.74, 6) is 0.264. The van der Waals surface area contributed by atoms with E-state index in [1.807, 2.05) is 0 Å². The predicted molar refractivity (Wildman–Crippen MR) is 108 cm³/mol. The third-order valence-electron chi connectivity index (χ3n) is 3.51. The fourth-order valence-electron chi connectivity index (χ4n) is 2.17. The lowest BCUT2D eigenvalue weighted by Crippen LogP contribution is -2.34. The van der Waals surface area contributed by atoms with Gasteiger partial charge >= 0.3 is 5.97 Å². The van der Waals surface area contributed by atoms with E-state index in [-0.39, 0.29) is 11.0 Å². The Morgan fingerprint density at radius 1 is 1.07 bits per heavy atom. The number of hydrogen-bond acceptors (Lipinski definition) is 5. The van der Waals surface area contributed by atoms with Gasteiger partial charge in [0.05, 0.1) is 25.0 Å². The van der Waals surface area contributed by atoms with Crippen molar-refractivity contribution in [3.05, 3.63) is 59.7 Å². The first-order valence-corrected chi connectivity index (χ1v) is 8.84. The van der Waals surface area contributed by atoms with E-state index in [0.717, 1.165) is 0 Å². The molecule has 2 N–H and O–H groups in total. The number of amides is 1. The Morgan fingerprint density at radius 3 is 2.37 bits per heavy atom. The van der Waals surface area contributed by atoms with E-state index in [0.29, 0.717) is 35.1 Å². The van der Waals surface area contributed by atoms with Crippen LogP contribution in [0.5, 0.6) is 5.75 Å². The van der Waals surface area contributed by atoms with E-state index < -0.39 is 5.97 Å². The van der Waals surface area contributed by atoms with Crippen LogP contribution >= 0.6 is 12.2 Å². The number of benzene rings is 2. The Balaban J connectivity index is 1.98. The van der Waals surface area contributed by atoms with Crippen LogP contribution in [0.3, 0.4) is 0 Å². The average molecular weight is 386 g/mol.